The van der Waals surface area contributed by atoms with Crippen LogP contribution in [0.25, 0.3) is 51.9 Å². The molecule has 35 heteroatoms. The molecule has 22 heterocycles. The number of nitrogens with one attached hydrogen (secondary N) is 3. The molecule has 32 nitrogen and oxygen atoms in total. The number of hydrogen-bond donors (Lipinski definition) is 3. The third-order valence-corrected chi connectivity index (χ3v) is 22.7. The van der Waals surface area contributed by atoms with Crippen LogP contribution in [0.2, 0.25) is 0 Å². The summed E-state index contributed by atoms with van der Waals surface area (Å²) >= 11 is 0. The zero-order valence-corrected chi connectivity index (χ0v) is 68.1. The largest absolute Gasteiger partial charge is 0.354 e. The number of piperazine rings is 3. The van der Waals surface area contributed by atoms with Crippen LogP contribution in [0.5, 0.6) is 0 Å². The number of nitrogens with zero attached hydrogens (tertiary/aromatic N) is 29. The number of aromatic amines is 3. The average molecular weight is 1630 g/mol. The molecule has 6 unspecified atom stereocenters. The summed E-state index contributed by atoms with van der Waals surface area (Å²) < 4.78 is 44.2. The molecule has 0 radical (unpaired) electrons. The maximum absolute atomic E-state index is 13.3. The van der Waals surface area contributed by atoms with E-state index < -0.39 is 0 Å². The molecule has 0 amide bonds. The molecule has 7 aliphatic rings. The molecule has 22 rings (SSSR count). The number of H-pyrrole nitrogens is 3. The minimum absolute atomic E-state index is 0.214. The Morgan fingerprint density at radius 2 is 0.785 bits per heavy atom. The molecule has 7 aliphatic heterocycles. The standard InChI is InChI=1S/C29H30FN11.C29H31FN10.C28H28FN11/c1-17-6-22(8-23-7-18(2)37-38-23)36-29(35-17)26-12-33-28(13-31-26)39-15-24-9-25(16-39)41(24)19(3)20-4-5-27(32-10-20)40-14-21(30)11-34-40;1-19-12-25(14-26-13-20(2)36-37-26)35-29(34-19)23-5-6-27(31-16-23)39-10-8-38(9-11-39)21(3)22-4-7-28(32-15-22)40-18-24(30)17-33-40;1-17-5-21(7-22-6-18(2)36-37-22)35-28(34-17)25-11-32-27(12-30-25)38-15-23-8-24(16-38)39(23)13-19-3-4-26(31-9-19)40-14-20(29)10-33-40/h4-7,10-14,19,24-25H,8-9,15-16H2,1-3H3,(H,37,38);4-7,12-13,15-18,21H,8-11,14H2,1-3H3,(H,36,37);3-6,9-12,14,23-24H,7-8,13,15-16H2,1-2H3,(H,36,37). The minimum atomic E-state index is -0.379. The Morgan fingerprint density at radius 1 is 0.372 bits per heavy atom. The van der Waals surface area contributed by atoms with Gasteiger partial charge in [0.15, 0.2) is 52.4 Å². The lowest BCUT2D eigenvalue weighted by molar-refractivity contribution is -0.0344. The minimum Gasteiger partial charge on any atom is -0.354 e. The van der Waals surface area contributed by atoms with E-state index in [9.17, 15) is 13.2 Å². The molecule has 15 aromatic rings. The van der Waals surface area contributed by atoms with Crippen molar-refractivity contribution in [2.24, 2.45) is 0 Å². The lowest BCUT2D eigenvalue weighted by Gasteiger charge is -2.58. The summed E-state index contributed by atoms with van der Waals surface area (Å²) in [4.78, 5) is 79.6. The first-order valence-corrected chi connectivity index (χ1v) is 40.5. The molecule has 0 saturated carbocycles. The summed E-state index contributed by atoms with van der Waals surface area (Å²) in [5, 5.41) is 33.9. The van der Waals surface area contributed by atoms with Crippen LogP contribution < -0.4 is 14.7 Å². The highest BCUT2D eigenvalue weighted by atomic mass is 19.1. The van der Waals surface area contributed by atoms with Crippen molar-refractivity contribution in [1.29, 1.82) is 0 Å². The van der Waals surface area contributed by atoms with Gasteiger partial charge in [0, 0.05) is 179 Å². The number of pyridine rings is 4. The lowest BCUT2D eigenvalue weighted by Crippen LogP contribution is -2.69. The molecule has 6 atom stereocenters. The quantitative estimate of drug-likeness (QED) is 0.0601. The maximum Gasteiger partial charge on any atom is 0.180 e. The van der Waals surface area contributed by atoms with Crippen LogP contribution in [-0.4, -0.2) is 221 Å². The van der Waals surface area contributed by atoms with Crippen molar-refractivity contribution in [3.63, 3.8) is 0 Å². The molecule has 0 aliphatic carbocycles. The fourth-order valence-electron chi connectivity index (χ4n) is 16.7. The van der Waals surface area contributed by atoms with Gasteiger partial charge in [0.2, 0.25) is 0 Å². The van der Waals surface area contributed by atoms with E-state index in [1.807, 2.05) is 152 Å². The van der Waals surface area contributed by atoms with E-state index in [4.69, 9.17) is 34.9 Å². The zero-order chi connectivity index (χ0) is 82.9. The van der Waals surface area contributed by atoms with E-state index in [-0.39, 0.29) is 29.5 Å². The zero-order valence-electron chi connectivity index (χ0n) is 68.1. The SMILES string of the molecule is Cc1cc(Cc2cc(C)[nH]n2)nc(-c2ccc(N3CCN(C(C)c4ccc(-n5cc(F)cn5)nc4)CC3)nc2)n1.Cc1cc(Cc2cc(C)[nH]n2)nc(-c2cnc(N3CC4CC(C3)N4C(C)c3ccc(-n4cc(F)cn4)nc3)cn2)n1.Cc1cc(Cc2cc(C)[nH]n2)nc(-c2cnc(N3CC4CC(C3)N4Cc3ccc(-n4cc(F)cn4)nc3)cn2)n1. The molecule has 7 saturated heterocycles. The fourth-order valence-corrected chi connectivity index (χ4v) is 16.7. The van der Waals surface area contributed by atoms with Crippen LogP contribution in [0.3, 0.4) is 0 Å². The van der Waals surface area contributed by atoms with E-state index in [1.54, 1.807) is 12.4 Å². The first-order chi connectivity index (χ1) is 58.8. The van der Waals surface area contributed by atoms with Crippen molar-refractivity contribution < 1.29 is 13.2 Å². The second-order valence-corrected chi connectivity index (χ2v) is 31.7. The molecular formula is C86H89F3N32. The number of aryl methyl sites for hydroxylation is 6. The van der Waals surface area contributed by atoms with Crippen LogP contribution in [-0.2, 0) is 25.8 Å². The van der Waals surface area contributed by atoms with E-state index in [0.29, 0.717) is 89.7 Å². The first-order valence-electron chi connectivity index (χ1n) is 40.5. The number of hydrogen-bond acceptors (Lipinski definition) is 26. The van der Waals surface area contributed by atoms with Gasteiger partial charge in [-0.15, -0.1) is 0 Å². The van der Waals surface area contributed by atoms with Gasteiger partial charge >= 0.3 is 0 Å². The van der Waals surface area contributed by atoms with Gasteiger partial charge in [-0.25, -0.2) is 97.0 Å². The normalized spacial score (nSPS) is 17.6. The molecule has 0 spiro atoms. The number of fused-ring (bicyclic) bond motifs is 4. The third-order valence-electron chi connectivity index (χ3n) is 22.7. The summed E-state index contributed by atoms with van der Waals surface area (Å²) in [6, 6.07) is 30.1. The molecule has 7 fully saturated rings. The summed E-state index contributed by atoms with van der Waals surface area (Å²) in [5.74, 6) is 5.18. The van der Waals surface area contributed by atoms with Crippen molar-refractivity contribution in [3.05, 3.63) is 274 Å². The van der Waals surface area contributed by atoms with Gasteiger partial charge in [0.05, 0.1) is 96.1 Å². The van der Waals surface area contributed by atoms with Crippen LogP contribution in [0, 0.1) is 59.0 Å². The molecule has 121 heavy (non-hydrogen) atoms. The first kappa shape index (κ1) is 78.5. The average Bonchev–Trinajstić information content (AvgIpc) is 1.02. The monoisotopic (exact) mass is 1630 g/mol. The van der Waals surface area contributed by atoms with Crippen molar-refractivity contribution in [3.8, 4) is 51.9 Å². The Bertz CT molecular complexity index is 6050. The second kappa shape index (κ2) is 34.0. The highest BCUT2D eigenvalue weighted by Crippen LogP contribution is 2.41. The Kier molecular flexibility index (Phi) is 22.0. The molecule has 614 valence electrons. The number of aromatic nitrogens is 26. The molecule has 3 N–H and O–H groups in total. The van der Waals surface area contributed by atoms with Gasteiger partial charge in [-0.3, -0.25) is 30.0 Å². The Labute approximate surface area is 695 Å². The van der Waals surface area contributed by atoms with E-state index >= 15 is 0 Å². The predicted molar refractivity (Wildman–Crippen MR) is 445 cm³/mol. The highest BCUT2D eigenvalue weighted by molar-refractivity contribution is 5.58. The summed E-state index contributed by atoms with van der Waals surface area (Å²) in [6.45, 7) is 24.3. The van der Waals surface area contributed by atoms with E-state index in [2.05, 4.69) is 136 Å². The smallest absolute Gasteiger partial charge is 0.180 e. The van der Waals surface area contributed by atoms with Crippen LogP contribution in [0.15, 0.2) is 172 Å². The van der Waals surface area contributed by atoms with Crippen molar-refractivity contribution >= 4 is 17.5 Å². The topological polar surface area (TPSA) is 339 Å². The summed E-state index contributed by atoms with van der Waals surface area (Å²) in [7, 11) is 0. The number of halogens is 3. The van der Waals surface area contributed by atoms with Crippen molar-refractivity contribution in [2.75, 3.05) is 67.1 Å². The molecule has 15 aromatic heterocycles. The van der Waals surface area contributed by atoms with Gasteiger partial charge in [0.1, 0.15) is 28.8 Å². The summed E-state index contributed by atoms with van der Waals surface area (Å²) in [5.41, 5.74) is 16.9. The Morgan fingerprint density at radius 3 is 1.18 bits per heavy atom. The van der Waals surface area contributed by atoms with Gasteiger partial charge in [-0.1, -0.05) is 18.2 Å². The van der Waals surface area contributed by atoms with Crippen molar-refractivity contribution in [2.45, 2.75) is 130 Å². The molecule has 0 aromatic carbocycles. The Balaban J connectivity index is 0.000000124. The van der Waals surface area contributed by atoms with Gasteiger partial charge < -0.3 is 14.7 Å². The molecule has 4 bridgehead atoms. The number of piperidine rings is 2. The van der Waals surface area contributed by atoms with Crippen LogP contribution >= 0.6 is 0 Å². The third kappa shape index (κ3) is 17.9. The van der Waals surface area contributed by atoms with E-state index in [1.165, 1.54) is 64.1 Å². The van der Waals surface area contributed by atoms with E-state index in [0.717, 1.165) is 167 Å². The fraction of sp³-hybridized carbons (Fsp3) is 0.326. The highest BCUT2D eigenvalue weighted by Gasteiger charge is 2.48. The second-order valence-electron chi connectivity index (χ2n) is 31.7. The van der Waals surface area contributed by atoms with Crippen LogP contribution in [0.1, 0.15) is 124 Å². The van der Waals surface area contributed by atoms with Crippen molar-refractivity contribution in [1.82, 2.24) is 144 Å². The van der Waals surface area contributed by atoms with Gasteiger partial charge in [0.25, 0.3) is 0 Å². The Hall–Kier alpha value is -13.7. The number of anilines is 3. The lowest BCUT2D eigenvalue weighted by atomic mass is 9.84. The number of rotatable bonds is 21. The summed E-state index contributed by atoms with van der Waals surface area (Å²) in [6.07, 6.45) is 26.4. The van der Waals surface area contributed by atoms with Gasteiger partial charge in [-0.2, -0.15) is 30.6 Å². The van der Waals surface area contributed by atoms with Gasteiger partial charge in [-0.05, 0) is 152 Å². The van der Waals surface area contributed by atoms with Crippen LogP contribution in [0.4, 0.5) is 30.6 Å². The maximum atomic E-state index is 13.3. The predicted octanol–water partition coefficient (Wildman–Crippen LogP) is 10.7. The molecular weight excluding hydrogens is 1540 g/mol.